The summed E-state index contributed by atoms with van der Waals surface area (Å²) in [6, 6.07) is 21.5. The fourth-order valence-corrected chi connectivity index (χ4v) is 6.58. The second-order valence-corrected chi connectivity index (χ2v) is 12.7. The number of imidazole rings is 1. The van der Waals surface area contributed by atoms with Gasteiger partial charge in [0.05, 0.1) is 43.8 Å². The number of aromatic amines is 1. The van der Waals surface area contributed by atoms with E-state index in [1.807, 2.05) is 36.4 Å². The van der Waals surface area contributed by atoms with Crippen LogP contribution in [0, 0.1) is 5.92 Å². The molecule has 12 heteroatoms. The van der Waals surface area contributed by atoms with E-state index in [0.29, 0.717) is 63.2 Å². The van der Waals surface area contributed by atoms with E-state index in [0.717, 1.165) is 23.3 Å². The summed E-state index contributed by atoms with van der Waals surface area (Å²) in [6.45, 7) is 4.58. The predicted octanol–water partition coefficient (Wildman–Crippen LogP) is 6.76. The van der Waals surface area contributed by atoms with Gasteiger partial charge in [0.25, 0.3) is 0 Å². The lowest BCUT2D eigenvalue weighted by molar-refractivity contribution is 0.0554. The summed E-state index contributed by atoms with van der Waals surface area (Å²) in [5.41, 5.74) is 4.85. The first-order valence-corrected chi connectivity index (χ1v) is 16.6. The van der Waals surface area contributed by atoms with Crippen LogP contribution < -0.4 is 29.0 Å². The molecule has 8 rings (SSSR count). The van der Waals surface area contributed by atoms with Gasteiger partial charge in [0.2, 0.25) is 5.95 Å². The standard InChI is InChI=1S/C23H24O6.C16H13N3O3/c1-11(2)16-8-14-15(28-16)6-5-12-22(24)21-13-7-18(25-3)19(26-4)9-17(13)27-10-20(21)29-23(12)14;1-22-16(21)19-15-17-12-8-7-11(9-13(12)18-15)14(20)10-5-3-2-4-6-10/h5-7,9,11,16,20-21H,8,10H2,1-4H3;2-9H,1H3,(H2,17,18,19,21). The molecule has 262 valence electrons. The van der Waals surface area contributed by atoms with E-state index in [4.69, 9.17) is 23.7 Å². The lowest BCUT2D eigenvalue weighted by Gasteiger charge is -2.37. The van der Waals surface area contributed by atoms with Crippen molar-refractivity contribution >= 4 is 34.6 Å². The second-order valence-electron chi connectivity index (χ2n) is 12.7. The molecule has 12 nitrogen and oxygen atoms in total. The van der Waals surface area contributed by atoms with Crippen LogP contribution in [0.25, 0.3) is 11.0 Å². The molecule has 4 heterocycles. The maximum Gasteiger partial charge on any atom is 0.413 e. The first-order valence-electron chi connectivity index (χ1n) is 16.6. The molecule has 5 aromatic rings. The van der Waals surface area contributed by atoms with Gasteiger partial charge in [-0.05, 0) is 42.3 Å². The number of nitrogens with one attached hydrogen (secondary N) is 2. The van der Waals surface area contributed by atoms with Gasteiger partial charge in [0.15, 0.2) is 23.1 Å². The van der Waals surface area contributed by atoms with Gasteiger partial charge in [-0.15, -0.1) is 0 Å². The molecule has 1 amide bonds. The summed E-state index contributed by atoms with van der Waals surface area (Å²) in [4.78, 5) is 44.2. The number of hydrogen-bond acceptors (Lipinski definition) is 10. The Balaban J connectivity index is 0.000000166. The average molecular weight is 692 g/mol. The normalized spacial score (nSPS) is 18.0. The van der Waals surface area contributed by atoms with Crippen LogP contribution in [0.2, 0.25) is 0 Å². The average Bonchev–Trinajstić information content (AvgIpc) is 3.78. The largest absolute Gasteiger partial charge is 0.493 e. The first kappa shape index (κ1) is 33.5. The van der Waals surface area contributed by atoms with Crippen LogP contribution in [-0.2, 0) is 11.2 Å². The lowest BCUT2D eigenvalue weighted by Crippen LogP contribution is -2.43. The van der Waals surface area contributed by atoms with E-state index in [-0.39, 0.29) is 29.7 Å². The van der Waals surface area contributed by atoms with E-state index < -0.39 is 12.0 Å². The van der Waals surface area contributed by atoms with Crippen molar-refractivity contribution in [3.05, 3.63) is 101 Å². The molecule has 0 radical (unpaired) electrons. The summed E-state index contributed by atoms with van der Waals surface area (Å²) in [6.07, 6.45) is -0.138. The minimum atomic E-state index is -0.611. The minimum absolute atomic E-state index is 0.0452. The number of rotatable bonds is 6. The van der Waals surface area contributed by atoms with Crippen LogP contribution in [0.15, 0.2) is 72.8 Å². The van der Waals surface area contributed by atoms with Gasteiger partial charge >= 0.3 is 6.09 Å². The van der Waals surface area contributed by atoms with Gasteiger partial charge in [-0.3, -0.25) is 14.9 Å². The highest BCUT2D eigenvalue weighted by Gasteiger charge is 2.45. The zero-order chi connectivity index (χ0) is 35.8. The molecule has 3 atom stereocenters. The van der Waals surface area contributed by atoms with Gasteiger partial charge < -0.3 is 33.4 Å². The lowest BCUT2D eigenvalue weighted by atomic mass is 9.81. The van der Waals surface area contributed by atoms with Crippen molar-refractivity contribution in [2.24, 2.45) is 5.92 Å². The molecule has 0 fully saturated rings. The van der Waals surface area contributed by atoms with Crippen LogP contribution in [0.4, 0.5) is 10.7 Å². The number of methoxy groups -OCH3 is 3. The van der Waals surface area contributed by atoms with Crippen LogP contribution >= 0.6 is 0 Å². The first-order chi connectivity index (χ1) is 24.7. The topological polar surface area (TPSA) is 147 Å². The van der Waals surface area contributed by atoms with Crippen molar-refractivity contribution < 1.29 is 42.8 Å². The number of aromatic nitrogens is 2. The number of fused-ring (bicyclic) bond motifs is 7. The third kappa shape index (κ3) is 6.29. The van der Waals surface area contributed by atoms with Crippen LogP contribution in [0.5, 0.6) is 28.7 Å². The fraction of sp³-hybridized carbons (Fsp3) is 0.282. The maximum absolute atomic E-state index is 13.5. The van der Waals surface area contributed by atoms with E-state index in [9.17, 15) is 14.4 Å². The highest BCUT2D eigenvalue weighted by molar-refractivity contribution is 6.10. The van der Waals surface area contributed by atoms with Crippen molar-refractivity contribution in [3.8, 4) is 28.7 Å². The third-order valence-corrected chi connectivity index (χ3v) is 9.27. The molecule has 3 aliphatic rings. The third-order valence-electron chi connectivity index (χ3n) is 9.27. The van der Waals surface area contributed by atoms with E-state index in [1.165, 1.54) is 7.11 Å². The number of carbonyl (C=O) groups excluding carboxylic acids is 3. The predicted molar refractivity (Wildman–Crippen MR) is 188 cm³/mol. The van der Waals surface area contributed by atoms with Crippen molar-refractivity contribution in [1.29, 1.82) is 0 Å². The molecule has 1 aromatic heterocycles. The van der Waals surface area contributed by atoms with E-state index in [2.05, 4.69) is 33.9 Å². The van der Waals surface area contributed by atoms with Crippen molar-refractivity contribution in [2.75, 3.05) is 33.3 Å². The summed E-state index contributed by atoms with van der Waals surface area (Å²) >= 11 is 0. The summed E-state index contributed by atoms with van der Waals surface area (Å²) < 4.78 is 33.7. The number of nitrogens with zero attached hydrogens (tertiary/aromatic N) is 1. The number of Topliss-reactive ketones (excluding diaryl/α,β-unsaturated/α-hetero) is 1. The summed E-state index contributed by atoms with van der Waals surface area (Å²) in [5, 5.41) is 2.45. The smallest absolute Gasteiger partial charge is 0.413 e. The molecule has 0 bridgehead atoms. The highest BCUT2D eigenvalue weighted by atomic mass is 16.5. The Morgan fingerprint density at radius 3 is 2.39 bits per heavy atom. The number of amides is 1. The second kappa shape index (κ2) is 13.7. The van der Waals surface area contributed by atoms with Gasteiger partial charge in [-0.2, -0.15) is 0 Å². The van der Waals surface area contributed by atoms with Gasteiger partial charge in [-0.25, -0.2) is 9.78 Å². The molecule has 0 spiro atoms. The molecule has 0 saturated carbocycles. The molecule has 3 aliphatic heterocycles. The summed E-state index contributed by atoms with van der Waals surface area (Å²) in [7, 11) is 4.43. The van der Waals surface area contributed by atoms with E-state index >= 15 is 0 Å². The zero-order valence-electron chi connectivity index (χ0n) is 28.8. The van der Waals surface area contributed by atoms with Crippen molar-refractivity contribution in [1.82, 2.24) is 9.97 Å². The highest BCUT2D eigenvalue weighted by Crippen LogP contribution is 2.50. The van der Waals surface area contributed by atoms with Crippen LogP contribution in [0.1, 0.15) is 57.2 Å². The quantitative estimate of drug-likeness (QED) is 0.183. The number of ketones is 2. The number of H-pyrrole nitrogens is 1. The Bertz CT molecular complexity index is 2140. The number of carbonyl (C=O) groups is 3. The molecule has 4 aromatic carbocycles. The Kier molecular flexibility index (Phi) is 8.99. The van der Waals surface area contributed by atoms with Gasteiger partial charge in [-0.1, -0.05) is 44.2 Å². The Morgan fingerprint density at radius 2 is 1.67 bits per heavy atom. The number of anilines is 1. The van der Waals surface area contributed by atoms with Gasteiger partial charge in [0, 0.05) is 34.7 Å². The van der Waals surface area contributed by atoms with Gasteiger partial charge in [0.1, 0.15) is 36.1 Å². The number of ether oxygens (including phenoxy) is 6. The number of hydrogen-bond donors (Lipinski definition) is 2. The molecule has 0 saturated heterocycles. The Labute approximate surface area is 294 Å². The van der Waals surface area contributed by atoms with E-state index in [1.54, 1.807) is 50.6 Å². The maximum atomic E-state index is 13.5. The molecule has 2 N–H and O–H groups in total. The molecular weight excluding hydrogens is 654 g/mol. The van der Waals surface area contributed by atoms with Crippen molar-refractivity contribution in [2.45, 2.75) is 38.4 Å². The van der Waals surface area contributed by atoms with Crippen LogP contribution in [-0.4, -0.2) is 67.8 Å². The van der Waals surface area contributed by atoms with Crippen molar-refractivity contribution in [3.63, 3.8) is 0 Å². The fourth-order valence-electron chi connectivity index (χ4n) is 6.58. The van der Waals surface area contributed by atoms with Crippen LogP contribution in [0.3, 0.4) is 0 Å². The SMILES string of the molecule is COC(=O)Nc1nc2ccc(C(=O)c3ccccc3)cc2[nH]1.COc1cc2c(cc1OC)C1C(=O)c3ccc4c(c3OC1CO2)CC(C(C)C)O4. The number of benzene rings is 4. The Morgan fingerprint density at radius 1 is 0.902 bits per heavy atom. The Hall–Kier alpha value is -6.04. The summed E-state index contributed by atoms with van der Waals surface area (Å²) in [5.74, 6) is 3.44. The monoisotopic (exact) mass is 691 g/mol. The molecule has 0 aliphatic carbocycles. The molecular formula is C39H37N3O9. The minimum Gasteiger partial charge on any atom is -0.493 e. The molecule has 51 heavy (non-hydrogen) atoms. The molecule has 3 unspecified atom stereocenters. The zero-order valence-corrected chi connectivity index (χ0v) is 28.8.